The van der Waals surface area contributed by atoms with Crippen molar-refractivity contribution in [2.24, 2.45) is 5.92 Å². The monoisotopic (exact) mass is 397 g/mol. The summed E-state index contributed by atoms with van der Waals surface area (Å²) in [4.78, 5) is 26.7. The highest BCUT2D eigenvalue weighted by Crippen LogP contribution is 2.19. The summed E-state index contributed by atoms with van der Waals surface area (Å²) in [5, 5.41) is 10.5. The molecule has 7 nitrogen and oxygen atoms in total. The number of likely N-dealkylation sites (tertiary alicyclic amines) is 1. The van der Waals surface area contributed by atoms with Crippen LogP contribution in [0.4, 0.5) is 0 Å². The minimum Gasteiger partial charge on any atom is -0.352 e. The fourth-order valence-corrected chi connectivity index (χ4v) is 4.04. The lowest BCUT2D eigenvalue weighted by atomic mass is 9.95. The fourth-order valence-electron chi connectivity index (χ4n) is 4.04. The van der Waals surface area contributed by atoms with E-state index in [2.05, 4.69) is 15.7 Å². The molecule has 1 aromatic rings. The molecule has 2 amide bonds. The maximum Gasteiger partial charge on any atom is 0.257 e. The van der Waals surface area contributed by atoms with Crippen LogP contribution in [-0.4, -0.2) is 59.2 Å². The van der Waals surface area contributed by atoms with E-state index in [4.69, 9.17) is 0 Å². The van der Waals surface area contributed by atoms with Gasteiger partial charge in [-0.15, -0.1) is 12.4 Å². The lowest BCUT2D eigenvalue weighted by Gasteiger charge is -2.31. The zero-order valence-corrected chi connectivity index (χ0v) is 17.0. The van der Waals surface area contributed by atoms with E-state index >= 15 is 0 Å². The van der Waals surface area contributed by atoms with Crippen molar-refractivity contribution >= 4 is 24.2 Å². The van der Waals surface area contributed by atoms with Crippen LogP contribution in [0.15, 0.2) is 12.4 Å². The molecule has 0 unspecified atom stereocenters. The Labute approximate surface area is 167 Å². The molecule has 2 aliphatic rings. The Morgan fingerprint density at radius 2 is 1.85 bits per heavy atom. The molecule has 152 valence electrons. The molecule has 1 aliphatic carbocycles. The average Bonchev–Trinajstić information content (AvgIpc) is 3.11. The van der Waals surface area contributed by atoms with E-state index < -0.39 is 0 Å². The first-order valence-corrected chi connectivity index (χ1v) is 9.91. The highest BCUT2D eigenvalue weighted by Gasteiger charge is 2.24. The van der Waals surface area contributed by atoms with E-state index in [0.717, 1.165) is 45.3 Å². The van der Waals surface area contributed by atoms with E-state index in [-0.39, 0.29) is 30.8 Å². The molecule has 0 bridgehead atoms. The molecular weight excluding hydrogens is 366 g/mol. The number of piperidine rings is 1. The molecule has 1 saturated carbocycles. The molecule has 0 aromatic carbocycles. The summed E-state index contributed by atoms with van der Waals surface area (Å²) in [6.07, 6.45) is 11.1. The Morgan fingerprint density at radius 3 is 2.52 bits per heavy atom. The summed E-state index contributed by atoms with van der Waals surface area (Å²) in [5.74, 6) is 0.647. The van der Waals surface area contributed by atoms with E-state index in [1.165, 1.54) is 19.3 Å². The van der Waals surface area contributed by atoms with Gasteiger partial charge in [-0.3, -0.25) is 14.3 Å². The van der Waals surface area contributed by atoms with Gasteiger partial charge in [-0.1, -0.05) is 19.3 Å². The van der Waals surface area contributed by atoms with Gasteiger partial charge in [-0.05, 0) is 45.2 Å². The molecule has 0 spiro atoms. The number of nitrogens with one attached hydrogen (secondary N) is 2. The van der Waals surface area contributed by atoms with Crippen LogP contribution in [0.2, 0.25) is 0 Å². The van der Waals surface area contributed by atoms with Gasteiger partial charge in [0, 0.05) is 25.3 Å². The van der Waals surface area contributed by atoms with Crippen molar-refractivity contribution in [2.45, 2.75) is 57.5 Å². The Hall–Kier alpha value is -1.60. The minimum atomic E-state index is -0.0214. The first kappa shape index (κ1) is 21.7. The second-order valence-corrected chi connectivity index (χ2v) is 7.62. The van der Waals surface area contributed by atoms with Crippen molar-refractivity contribution in [2.75, 3.05) is 26.7 Å². The third-order valence-corrected chi connectivity index (χ3v) is 5.55. The smallest absolute Gasteiger partial charge is 0.257 e. The Kier molecular flexibility index (Phi) is 8.57. The Morgan fingerprint density at radius 1 is 1.15 bits per heavy atom. The van der Waals surface area contributed by atoms with Crippen LogP contribution in [0.1, 0.15) is 55.3 Å². The number of halogens is 1. The van der Waals surface area contributed by atoms with Gasteiger partial charge in [0.05, 0.1) is 11.8 Å². The fraction of sp³-hybridized carbons (Fsp3) is 0.737. The lowest BCUT2D eigenvalue weighted by Crippen LogP contribution is -2.40. The van der Waals surface area contributed by atoms with Gasteiger partial charge in [0.2, 0.25) is 5.91 Å². The van der Waals surface area contributed by atoms with E-state index in [1.807, 2.05) is 11.9 Å². The summed E-state index contributed by atoms with van der Waals surface area (Å²) in [5.41, 5.74) is 0.572. The van der Waals surface area contributed by atoms with Gasteiger partial charge in [-0.2, -0.15) is 5.10 Å². The Balaban J connectivity index is 0.00000261. The van der Waals surface area contributed by atoms with Crippen LogP contribution in [-0.2, 0) is 11.3 Å². The number of hydrogen-bond donors (Lipinski definition) is 2. The average molecular weight is 398 g/mol. The number of carbonyl (C=O) groups excluding carboxylic acids is 2. The van der Waals surface area contributed by atoms with Crippen molar-refractivity contribution in [3.8, 4) is 0 Å². The topological polar surface area (TPSA) is 79.3 Å². The number of aromatic nitrogens is 2. The maximum absolute atomic E-state index is 12.6. The molecule has 1 aromatic heterocycles. The molecule has 0 radical (unpaired) electrons. The zero-order chi connectivity index (χ0) is 18.4. The van der Waals surface area contributed by atoms with E-state index in [0.29, 0.717) is 17.5 Å². The first-order valence-electron chi connectivity index (χ1n) is 9.91. The molecule has 3 rings (SSSR count). The zero-order valence-electron chi connectivity index (χ0n) is 16.2. The number of nitrogens with zero attached hydrogens (tertiary/aromatic N) is 3. The van der Waals surface area contributed by atoms with Gasteiger partial charge < -0.3 is 15.5 Å². The van der Waals surface area contributed by atoms with Crippen molar-refractivity contribution < 1.29 is 9.59 Å². The highest BCUT2D eigenvalue weighted by atomic mass is 35.5. The van der Waals surface area contributed by atoms with Crippen LogP contribution in [0.25, 0.3) is 0 Å². The molecular formula is C19H32ClN5O2. The molecule has 0 atom stereocenters. The minimum absolute atomic E-state index is 0. The molecule has 8 heteroatoms. The van der Waals surface area contributed by atoms with Crippen molar-refractivity contribution in [3.05, 3.63) is 18.0 Å². The molecule has 1 saturated heterocycles. The van der Waals surface area contributed by atoms with E-state index in [1.54, 1.807) is 17.1 Å². The lowest BCUT2D eigenvalue weighted by molar-refractivity contribution is -0.122. The van der Waals surface area contributed by atoms with Crippen LogP contribution in [0.3, 0.4) is 0 Å². The summed E-state index contributed by atoms with van der Waals surface area (Å²) in [6, 6.07) is 0.298. The SMILES string of the molecule is CNCC1CCN(C(=O)c2cnn(CC(=O)NC3CCCCC3)c2)CC1.Cl. The second-order valence-electron chi connectivity index (χ2n) is 7.62. The second kappa shape index (κ2) is 10.7. The number of amides is 2. The summed E-state index contributed by atoms with van der Waals surface area (Å²) in [6.45, 7) is 2.77. The molecule has 27 heavy (non-hydrogen) atoms. The van der Waals surface area contributed by atoms with Gasteiger partial charge >= 0.3 is 0 Å². The molecule has 2 fully saturated rings. The van der Waals surface area contributed by atoms with Crippen molar-refractivity contribution in [1.29, 1.82) is 0 Å². The normalized spacial score (nSPS) is 18.8. The van der Waals surface area contributed by atoms with Crippen LogP contribution in [0.5, 0.6) is 0 Å². The third-order valence-electron chi connectivity index (χ3n) is 5.55. The summed E-state index contributed by atoms with van der Waals surface area (Å²) >= 11 is 0. The maximum atomic E-state index is 12.6. The number of carbonyl (C=O) groups is 2. The van der Waals surface area contributed by atoms with Crippen molar-refractivity contribution in [3.63, 3.8) is 0 Å². The van der Waals surface area contributed by atoms with Crippen LogP contribution in [0, 0.1) is 5.92 Å². The van der Waals surface area contributed by atoms with Gasteiger partial charge in [-0.25, -0.2) is 0 Å². The molecule has 2 N–H and O–H groups in total. The summed E-state index contributed by atoms with van der Waals surface area (Å²) in [7, 11) is 1.97. The summed E-state index contributed by atoms with van der Waals surface area (Å²) < 4.78 is 1.57. The number of hydrogen-bond acceptors (Lipinski definition) is 4. The predicted molar refractivity (Wildman–Crippen MR) is 107 cm³/mol. The van der Waals surface area contributed by atoms with Crippen LogP contribution < -0.4 is 10.6 Å². The van der Waals surface area contributed by atoms with Crippen molar-refractivity contribution in [1.82, 2.24) is 25.3 Å². The number of rotatable bonds is 6. The highest BCUT2D eigenvalue weighted by molar-refractivity contribution is 5.93. The predicted octanol–water partition coefficient (Wildman–Crippen LogP) is 1.83. The standard InChI is InChI=1S/C19H31N5O2.ClH/c1-20-11-15-7-9-23(10-8-15)19(26)16-12-21-24(13-16)14-18(25)22-17-5-3-2-4-6-17;/h12-13,15,17,20H,2-11,14H2,1H3,(H,22,25);1H. The largest absolute Gasteiger partial charge is 0.352 e. The quantitative estimate of drug-likeness (QED) is 0.767. The van der Waals surface area contributed by atoms with E-state index in [9.17, 15) is 9.59 Å². The molecule has 1 aliphatic heterocycles. The third kappa shape index (κ3) is 6.21. The Bertz CT molecular complexity index is 607. The van der Waals surface area contributed by atoms with Gasteiger partial charge in [0.25, 0.3) is 5.91 Å². The van der Waals surface area contributed by atoms with Crippen LogP contribution >= 0.6 is 12.4 Å². The van der Waals surface area contributed by atoms with Gasteiger partial charge in [0.15, 0.2) is 0 Å². The molecule has 2 heterocycles. The van der Waals surface area contributed by atoms with Gasteiger partial charge in [0.1, 0.15) is 6.54 Å². The first-order chi connectivity index (χ1) is 12.7.